The van der Waals surface area contributed by atoms with Crippen LogP contribution in [0.4, 0.5) is 4.39 Å². The Kier molecular flexibility index (Phi) is 3.19. The molecule has 0 amide bonds. The molecule has 2 nitrogen and oxygen atoms in total. The Hall–Kier alpha value is -1.42. The summed E-state index contributed by atoms with van der Waals surface area (Å²) in [4.78, 5) is 7.84. The minimum atomic E-state index is -0.427. The summed E-state index contributed by atoms with van der Waals surface area (Å²) in [6.45, 7) is 2.01. The topological polar surface area (TPSA) is 25.8 Å². The van der Waals surface area contributed by atoms with Crippen molar-refractivity contribution in [2.24, 2.45) is 0 Å². The van der Waals surface area contributed by atoms with Gasteiger partial charge in [0.25, 0.3) is 0 Å². The highest BCUT2D eigenvalue weighted by Gasteiger charge is 2.03. The van der Waals surface area contributed by atoms with Gasteiger partial charge in [-0.2, -0.15) is 12.6 Å². The Balaban J connectivity index is 2.31. The van der Waals surface area contributed by atoms with Gasteiger partial charge in [-0.1, -0.05) is 24.3 Å². The van der Waals surface area contributed by atoms with E-state index in [1.54, 1.807) is 0 Å². The molecule has 0 saturated carbocycles. The van der Waals surface area contributed by atoms with Gasteiger partial charge in [-0.05, 0) is 12.5 Å². The molecular formula is C12H11FN2S. The summed E-state index contributed by atoms with van der Waals surface area (Å²) in [5.41, 5.74) is 2.01. The number of thiol groups is 1. The zero-order valence-electron chi connectivity index (χ0n) is 8.76. The summed E-state index contributed by atoms with van der Waals surface area (Å²) in [5.74, 6) is 0.101. The van der Waals surface area contributed by atoms with Crippen LogP contribution >= 0.6 is 12.6 Å². The van der Waals surface area contributed by atoms with Gasteiger partial charge in [-0.25, -0.2) is 14.4 Å². The third-order valence-electron chi connectivity index (χ3n) is 2.27. The van der Waals surface area contributed by atoms with E-state index in [1.165, 1.54) is 0 Å². The molecule has 1 unspecified atom stereocenters. The standard InChI is InChI=1S/C12H11FN2S/c1-8(16)9-2-4-10(5-3-9)12-14-6-11(13)7-15-12/h2-8,16H,1H3. The molecule has 1 aromatic carbocycles. The maximum absolute atomic E-state index is 12.6. The highest BCUT2D eigenvalue weighted by Crippen LogP contribution is 2.22. The molecule has 0 aliphatic rings. The minimum absolute atomic E-state index is 0.197. The summed E-state index contributed by atoms with van der Waals surface area (Å²) in [5, 5.41) is 0.197. The van der Waals surface area contributed by atoms with Gasteiger partial charge in [0.15, 0.2) is 11.6 Å². The fourth-order valence-corrected chi connectivity index (χ4v) is 1.54. The van der Waals surface area contributed by atoms with Crippen molar-refractivity contribution in [2.75, 3.05) is 0 Å². The van der Waals surface area contributed by atoms with E-state index in [9.17, 15) is 4.39 Å². The van der Waals surface area contributed by atoms with Gasteiger partial charge in [-0.15, -0.1) is 0 Å². The number of nitrogens with zero attached hydrogens (tertiary/aromatic N) is 2. The maximum Gasteiger partial charge on any atom is 0.159 e. The van der Waals surface area contributed by atoms with Crippen molar-refractivity contribution in [1.29, 1.82) is 0 Å². The predicted molar refractivity (Wildman–Crippen MR) is 64.8 cm³/mol. The van der Waals surface area contributed by atoms with Crippen molar-refractivity contribution in [1.82, 2.24) is 9.97 Å². The number of benzene rings is 1. The van der Waals surface area contributed by atoms with Crippen LogP contribution in [-0.4, -0.2) is 9.97 Å². The summed E-state index contributed by atoms with van der Waals surface area (Å²) in [6.07, 6.45) is 2.33. The largest absolute Gasteiger partial charge is 0.233 e. The highest BCUT2D eigenvalue weighted by molar-refractivity contribution is 7.80. The number of aromatic nitrogens is 2. The molecule has 2 rings (SSSR count). The normalized spacial score (nSPS) is 12.4. The average Bonchev–Trinajstić information content (AvgIpc) is 2.30. The van der Waals surface area contributed by atoms with E-state index < -0.39 is 5.82 Å². The molecule has 0 bridgehead atoms. The van der Waals surface area contributed by atoms with Crippen molar-refractivity contribution < 1.29 is 4.39 Å². The molecule has 82 valence electrons. The van der Waals surface area contributed by atoms with Crippen LogP contribution in [0.3, 0.4) is 0 Å². The Morgan fingerprint density at radius 3 is 2.19 bits per heavy atom. The van der Waals surface area contributed by atoms with Crippen LogP contribution < -0.4 is 0 Å². The average molecular weight is 234 g/mol. The van der Waals surface area contributed by atoms with Crippen LogP contribution in [0.2, 0.25) is 0 Å². The molecule has 0 fully saturated rings. The number of halogens is 1. The van der Waals surface area contributed by atoms with Gasteiger partial charge < -0.3 is 0 Å². The van der Waals surface area contributed by atoms with Gasteiger partial charge >= 0.3 is 0 Å². The van der Waals surface area contributed by atoms with E-state index in [0.717, 1.165) is 23.5 Å². The fraction of sp³-hybridized carbons (Fsp3) is 0.167. The number of hydrogen-bond acceptors (Lipinski definition) is 3. The lowest BCUT2D eigenvalue weighted by Crippen LogP contribution is -1.90. The first-order valence-electron chi connectivity index (χ1n) is 4.93. The molecule has 0 radical (unpaired) electrons. The molecule has 1 aromatic heterocycles. The first-order valence-corrected chi connectivity index (χ1v) is 5.44. The molecule has 1 heterocycles. The lowest BCUT2D eigenvalue weighted by atomic mass is 10.1. The third-order valence-corrected chi connectivity index (χ3v) is 2.57. The second kappa shape index (κ2) is 4.61. The molecule has 0 aliphatic heterocycles. The number of rotatable bonds is 2. The van der Waals surface area contributed by atoms with Gasteiger partial charge in [-0.3, -0.25) is 0 Å². The quantitative estimate of drug-likeness (QED) is 0.807. The third kappa shape index (κ3) is 2.39. The van der Waals surface area contributed by atoms with Crippen LogP contribution in [0.5, 0.6) is 0 Å². The van der Waals surface area contributed by atoms with E-state index in [0.29, 0.717) is 5.82 Å². The van der Waals surface area contributed by atoms with Crippen LogP contribution in [0.25, 0.3) is 11.4 Å². The minimum Gasteiger partial charge on any atom is -0.233 e. The molecular weight excluding hydrogens is 223 g/mol. The molecule has 16 heavy (non-hydrogen) atoms. The summed E-state index contributed by atoms with van der Waals surface area (Å²) in [7, 11) is 0. The Morgan fingerprint density at radius 2 is 1.69 bits per heavy atom. The first kappa shape index (κ1) is 11.1. The maximum atomic E-state index is 12.6. The monoisotopic (exact) mass is 234 g/mol. The summed E-state index contributed by atoms with van der Waals surface area (Å²) >= 11 is 4.34. The van der Waals surface area contributed by atoms with Crippen molar-refractivity contribution in [2.45, 2.75) is 12.2 Å². The van der Waals surface area contributed by atoms with E-state index in [2.05, 4.69) is 22.6 Å². The molecule has 0 aliphatic carbocycles. The van der Waals surface area contributed by atoms with Gasteiger partial charge in [0.1, 0.15) is 0 Å². The molecule has 2 aromatic rings. The van der Waals surface area contributed by atoms with Crippen LogP contribution in [0, 0.1) is 5.82 Å². The highest BCUT2D eigenvalue weighted by atomic mass is 32.1. The molecule has 4 heteroatoms. The lowest BCUT2D eigenvalue weighted by Gasteiger charge is -2.05. The molecule has 0 spiro atoms. The van der Waals surface area contributed by atoms with E-state index in [-0.39, 0.29) is 5.25 Å². The Bertz CT molecular complexity index is 465. The van der Waals surface area contributed by atoms with E-state index in [4.69, 9.17) is 0 Å². The smallest absolute Gasteiger partial charge is 0.159 e. The van der Waals surface area contributed by atoms with Crippen molar-refractivity contribution in [3.8, 4) is 11.4 Å². The summed E-state index contributed by atoms with van der Waals surface area (Å²) < 4.78 is 12.6. The fourth-order valence-electron chi connectivity index (χ4n) is 1.37. The van der Waals surface area contributed by atoms with Crippen molar-refractivity contribution in [3.05, 3.63) is 48.0 Å². The van der Waals surface area contributed by atoms with Gasteiger partial charge in [0.2, 0.25) is 0 Å². The van der Waals surface area contributed by atoms with Crippen molar-refractivity contribution in [3.63, 3.8) is 0 Å². The zero-order chi connectivity index (χ0) is 11.5. The van der Waals surface area contributed by atoms with Crippen LogP contribution in [0.15, 0.2) is 36.7 Å². The second-order valence-corrected chi connectivity index (χ2v) is 4.30. The second-order valence-electron chi connectivity index (χ2n) is 3.52. The lowest BCUT2D eigenvalue weighted by molar-refractivity contribution is 0.614. The molecule has 0 saturated heterocycles. The van der Waals surface area contributed by atoms with Gasteiger partial charge in [0, 0.05) is 10.8 Å². The van der Waals surface area contributed by atoms with E-state index >= 15 is 0 Å². The van der Waals surface area contributed by atoms with Crippen LogP contribution in [0.1, 0.15) is 17.7 Å². The molecule has 1 atom stereocenters. The van der Waals surface area contributed by atoms with Gasteiger partial charge in [0.05, 0.1) is 12.4 Å². The van der Waals surface area contributed by atoms with Crippen molar-refractivity contribution >= 4 is 12.6 Å². The Morgan fingerprint density at radius 1 is 1.12 bits per heavy atom. The SMILES string of the molecule is CC(S)c1ccc(-c2ncc(F)cn2)cc1. The van der Waals surface area contributed by atoms with Crippen LogP contribution in [-0.2, 0) is 0 Å². The first-order chi connectivity index (χ1) is 7.66. The summed E-state index contributed by atoms with van der Waals surface area (Å²) in [6, 6.07) is 7.77. The molecule has 0 N–H and O–H groups in total. The predicted octanol–water partition coefficient (Wildman–Crippen LogP) is 3.27. The zero-order valence-corrected chi connectivity index (χ0v) is 9.66. The number of hydrogen-bond donors (Lipinski definition) is 1. The van der Waals surface area contributed by atoms with E-state index in [1.807, 2.05) is 31.2 Å². The Labute approximate surface area is 99.0 Å².